The van der Waals surface area contributed by atoms with Gasteiger partial charge in [0.05, 0.1) is 10.6 Å². The van der Waals surface area contributed by atoms with Crippen LogP contribution in [0.1, 0.15) is 55.9 Å². The molecule has 180 valence electrons. The standard InChI is InChI=1S/C28H34N2O3S/c1-6-22-9-8-10-23(7-2)28(22)29-27(31)19-30(25-15-13-24(14-16-25)20(3)4)34(32,33)26-17-11-21(5)12-18-26/h8-18,20H,6-7,19H2,1-5H3,(H,29,31). The number of para-hydroxylation sites is 1. The van der Waals surface area contributed by atoms with Gasteiger partial charge in [0.15, 0.2) is 0 Å². The maximum Gasteiger partial charge on any atom is 0.264 e. The molecule has 0 atom stereocenters. The maximum atomic E-state index is 13.6. The number of hydrogen-bond acceptors (Lipinski definition) is 3. The Morgan fingerprint density at radius 3 is 1.94 bits per heavy atom. The van der Waals surface area contributed by atoms with E-state index in [2.05, 4.69) is 19.2 Å². The lowest BCUT2D eigenvalue weighted by atomic mass is 10.0. The molecule has 0 heterocycles. The van der Waals surface area contributed by atoms with Crippen LogP contribution in [0.25, 0.3) is 0 Å². The molecule has 0 spiro atoms. The van der Waals surface area contributed by atoms with Crippen LogP contribution in [0.5, 0.6) is 0 Å². The van der Waals surface area contributed by atoms with Gasteiger partial charge in [-0.05, 0) is 66.6 Å². The third-order valence-electron chi connectivity index (χ3n) is 6.01. The molecule has 34 heavy (non-hydrogen) atoms. The number of nitrogens with one attached hydrogen (secondary N) is 1. The van der Waals surface area contributed by atoms with Crippen molar-refractivity contribution in [2.45, 2.75) is 58.3 Å². The Morgan fingerprint density at radius 1 is 0.882 bits per heavy atom. The molecule has 0 aliphatic carbocycles. The van der Waals surface area contributed by atoms with Crippen LogP contribution in [0.2, 0.25) is 0 Å². The van der Waals surface area contributed by atoms with E-state index in [0.29, 0.717) is 11.6 Å². The second-order valence-electron chi connectivity index (χ2n) is 8.78. The minimum atomic E-state index is -3.95. The Bertz CT molecular complexity index is 1210. The van der Waals surface area contributed by atoms with Gasteiger partial charge in [0.2, 0.25) is 5.91 Å². The van der Waals surface area contributed by atoms with Gasteiger partial charge in [-0.1, -0.05) is 75.7 Å². The minimum absolute atomic E-state index is 0.155. The number of hydrogen-bond donors (Lipinski definition) is 1. The Hall–Kier alpha value is -3.12. The first-order valence-corrected chi connectivity index (χ1v) is 13.2. The molecular weight excluding hydrogens is 444 g/mol. The van der Waals surface area contributed by atoms with Crippen molar-refractivity contribution < 1.29 is 13.2 Å². The summed E-state index contributed by atoms with van der Waals surface area (Å²) in [5, 5.41) is 3.00. The molecule has 0 fully saturated rings. The van der Waals surface area contributed by atoms with Gasteiger partial charge in [-0.2, -0.15) is 0 Å². The van der Waals surface area contributed by atoms with Gasteiger partial charge < -0.3 is 5.32 Å². The molecule has 1 amide bonds. The zero-order valence-corrected chi connectivity index (χ0v) is 21.4. The number of anilines is 2. The zero-order valence-electron chi connectivity index (χ0n) is 20.6. The summed E-state index contributed by atoms with van der Waals surface area (Å²) < 4.78 is 28.5. The average molecular weight is 479 g/mol. The molecule has 0 saturated heterocycles. The second kappa shape index (κ2) is 10.9. The smallest absolute Gasteiger partial charge is 0.264 e. The van der Waals surface area contributed by atoms with Crippen LogP contribution in [-0.4, -0.2) is 20.9 Å². The predicted molar refractivity (Wildman–Crippen MR) is 140 cm³/mol. The third-order valence-corrected chi connectivity index (χ3v) is 7.80. The molecule has 0 aliphatic rings. The van der Waals surface area contributed by atoms with E-state index in [9.17, 15) is 13.2 Å². The van der Waals surface area contributed by atoms with Gasteiger partial charge in [0.1, 0.15) is 6.54 Å². The normalized spacial score (nSPS) is 11.5. The van der Waals surface area contributed by atoms with Crippen molar-refractivity contribution in [3.8, 4) is 0 Å². The lowest BCUT2D eigenvalue weighted by molar-refractivity contribution is -0.114. The highest BCUT2D eigenvalue weighted by Crippen LogP contribution is 2.27. The van der Waals surface area contributed by atoms with Crippen LogP contribution in [0.4, 0.5) is 11.4 Å². The molecule has 3 rings (SSSR count). The van der Waals surface area contributed by atoms with Crippen LogP contribution in [0.15, 0.2) is 71.6 Å². The molecule has 0 aliphatic heterocycles. The summed E-state index contributed by atoms with van der Waals surface area (Å²) >= 11 is 0. The summed E-state index contributed by atoms with van der Waals surface area (Å²) in [6.45, 7) is 9.82. The minimum Gasteiger partial charge on any atom is -0.324 e. The summed E-state index contributed by atoms with van der Waals surface area (Å²) in [4.78, 5) is 13.4. The van der Waals surface area contributed by atoms with Crippen molar-refractivity contribution in [3.63, 3.8) is 0 Å². The Kier molecular flexibility index (Phi) is 8.15. The molecular formula is C28H34N2O3S. The number of amides is 1. The SMILES string of the molecule is CCc1cccc(CC)c1NC(=O)CN(c1ccc(C(C)C)cc1)S(=O)(=O)c1ccc(C)cc1. The Labute approximate surface area is 203 Å². The van der Waals surface area contributed by atoms with E-state index < -0.39 is 10.0 Å². The van der Waals surface area contributed by atoms with Crippen molar-refractivity contribution in [2.24, 2.45) is 0 Å². The first-order chi connectivity index (χ1) is 16.2. The molecule has 0 aromatic heterocycles. The van der Waals surface area contributed by atoms with Crippen molar-refractivity contribution in [1.29, 1.82) is 0 Å². The summed E-state index contributed by atoms with van der Waals surface area (Å²) in [5.41, 5.74) is 5.36. The molecule has 6 heteroatoms. The zero-order chi connectivity index (χ0) is 24.9. The molecule has 0 bridgehead atoms. The topological polar surface area (TPSA) is 66.5 Å². The van der Waals surface area contributed by atoms with E-state index in [1.165, 1.54) is 4.31 Å². The number of carbonyl (C=O) groups excluding carboxylic acids is 1. The first kappa shape index (κ1) is 25.5. The fourth-order valence-electron chi connectivity index (χ4n) is 3.89. The third kappa shape index (κ3) is 5.68. The van der Waals surface area contributed by atoms with Gasteiger partial charge in [-0.15, -0.1) is 0 Å². The van der Waals surface area contributed by atoms with Crippen molar-refractivity contribution in [1.82, 2.24) is 0 Å². The number of nitrogens with zero attached hydrogens (tertiary/aromatic N) is 1. The van der Waals surface area contributed by atoms with Gasteiger partial charge >= 0.3 is 0 Å². The van der Waals surface area contributed by atoms with Gasteiger partial charge in [0.25, 0.3) is 10.0 Å². The van der Waals surface area contributed by atoms with Crippen LogP contribution in [-0.2, 0) is 27.7 Å². The first-order valence-electron chi connectivity index (χ1n) is 11.8. The molecule has 0 saturated carbocycles. The van der Waals surface area contributed by atoms with Crippen molar-refractivity contribution in [2.75, 3.05) is 16.2 Å². The molecule has 0 radical (unpaired) electrons. The molecule has 3 aromatic carbocycles. The highest BCUT2D eigenvalue weighted by atomic mass is 32.2. The van der Waals surface area contributed by atoms with Crippen LogP contribution in [0.3, 0.4) is 0 Å². The fraction of sp³-hybridized carbons (Fsp3) is 0.321. The lowest BCUT2D eigenvalue weighted by Crippen LogP contribution is -2.38. The Balaban J connectivity index is 1.99. The van der Waals surface area contributed by atoms with Crippen molar-refractivity contribution >= 4 is 27.3 Å². The summed E-state index contributed by atoms with van der Waals surface area (Å²) in [6, 6.07) is 20.0. The summed E-state index contributed by atoms with van der Waals surface area (Å²) in [7, 11) is -3.95. The quantitative estimate of drug-likeness (QED) is 0.405. The number of aryl methyl sites for hydroxylation is 3. The molecule has 0 unspecified atom stereocenters. The predicted octanol–water partition coefficient (Wildman–Crippen LogP) is 6.08. The van der Waals surface area contributed by atoms with Gasteiger partial charge in [-0.3, -0.25) is 9.10 Å². The van der Waals surface area contributed by atoms with Crippen LogP contribution >= 0.6 is 0 Å². The van der Waals surface area contributed by atoms with E-state index in [1.54, 1.807) is 36.4 Å². The van der Waals surface area contributed by atoms with Crippen LogP contribution in [0, 0.1) is 6.92 Å². The summed E-state index contributed by atoms with van der Waals surface area (Å²) in [5.74, 6) is -0.0586. The van der Waals surface area contributed by atoms with E-state index in [-0.39, 0.29) is 17.3 Å². The maximum absolute atomic E-state index is 13.6. The molecule has 5 nitrogen and oxygen atoms in total. The fourth-order valence-corrected chi connectivity index (χ4v) is 5.31. The number of carbonyl (C=O) groups is 1. The average Bonchev–Trinajstić information content (AvgIpc) is 2.83. The van der Waals surface area contributed by atoms with E-state index in [1.807, 2.05) is 51.1 Å². The highest BCUT2D eigenvalue weighted by molar-refractivity contribution is 7.92. The van der Waals surface area contributed by atoms with Crippen molar-refractivity contribution in [3.05, 3.63) is 89.0 Å². The van der Waals surface area contributed by atoms with E-state index in [0.717, 1.165) is 40.8 Å². The Morgan fingerprint density at radius 2 is 1.44 bits per heavy atom. The number of sulfonamides is 1. The van der Waals surface area contributed by atoms with E-state index >= 15 is 0 Å². The lowest BCUT2D eigenvalue weighted by Gasteiger charge is -2.25. The van der Waals surface area contributed by atoms with Gasteiger partial charge in [-0.25, -0.2) is 8.42 Å². The second-order valence-corrected chi connectivity index (χ2v) is 10.6. The molecule has 1 N–H and O–H groups in total. The monoisotopic (exact) mass is 478 g/mol. The largest absolute Gasteiger partial charge is 0.324 e. The van der Waals surface area contributed by atoms with E-state index in [4.69, 9.17) is 0 Å². The number of benzene rings is 3. The summed E-state index contributed by atoms with van der Waals surface area (Å²) in [6.07, 6.45) is 1.54. The highest BCUT2D eigenvalue weighted by Gasteiger charge is 2.27. The number of rotatable bonds is 9. The van der Waals surface area contributed by atoms with Gasteiger partial charge in [0, 0.05) is 5.69 Å². The van der Waals surface area contributed by atoms with Crippen LogP contribution < -0.4 is 9.62 Å². The molecule has 3 aromatic rings.